The van der Waals surface area contributed by atoms with Crippen molar-refractivity contribution in [1.29, 1.82) is 0 Å². The Balaban J connectivity index is 2.03. The van der Waals surface area contributed by atoms with Crippen molar-refractivity contribution in [3.05, 3.63) is 6.10 Å². The van der Waals surface area contributed by atoms with Crippen molar-refractivity contribution in [1.82, 2.24) is 0 Å². The molecule has 0 aromatic heterocycles. The molecule has 2 heterocycles. The molecule has 0 amide bonds. The van der Waals surface area contributed by atoms with Crippen LogP contribution in [0.15, 0.2) is 0 Å². The van der Waals surface area contributed by atoms with Gasteiger partial charge in [0, 0.05) is 6.42 Å². The Hall–Kier alpha value is -0.0800. The smallest absolute Gasteiger partial charge is 0.125 e. The number of hydrogen-bond donors (Lipinski definition) is 0. The van der Waals surface area contributed by atoms with Crippen LogP contribution in [0.3, 0.4) is 0 Å². The predicted octanol–water partition coefficient (Wildman–Crippen LogP) is 0.728. The lowest BCUT2D eigenvalue weighted by molar-refractivity contribution is 0.0902. The normalized spacial score (nSPS) is 38.2. The summed E-state index contributed by atoms with van der Waals surface area (Å²) in [5.41, 5.74) is 0. The first kappa shape index (κ1) is 4.77. The first-order valence-electron chi connectivity index (χ1n) is 3.04. The molecule has 45 valence electrons. The molecule has 0 N–H and O–H groups in total. The fourth-order valence-corrected chi connectivity index (χ4v) is 1.20. The maximum absolute atomic E-state index is 5.31. The molecule has 2 saturated heterocycles. The summed E-state index contributed by atoms with van der Waals surface area (Å²) in [4.78, 5) is 0. The minimum atomic E-state index is 0.499. The minimum absolute atomic E-state index is 0.499. The van der Waals surface area contributed by atoms with E-state index in [1.807, 2.05) is 0 Å². The van der Waals surface area contributed by atoms with Crippen LogP contribution in [-0.4, -0.2) is 19.3 Å². The first-order chi connectivity index (χ1) is 3.95. The van der Waals surface area contributed by atoms with Crippen molar-refractivity contribution >= 4 is 0 Å². The van der Waals surface area contributed by atoms with Gasteiger partial charge in [0.2, 0.25) is 0 Å². The molecule has 1 unspecified atom stereocenters. The lowest BCUT2D eigenvalue weighted by atomic mass is 10.1. The van der Waals surface area contributed by atoms with Crippen LogP contribution in [0.1, 0.15) is 12.8 Å². The van der Waals surface area contributed by atoms with Crippen molar-refractivity contribution in [3.63, 3.8) is 0 Å². The molecule has 2 aliphatic rings. The van der Waals surface area contributed by atoms with Gasteiger partial charge in [0.25, 0.3) is 0 Å². The molecular formula is C6H9O2. The molecule has 2 aliphatic heterocycles. The zero-order valence-electron chi connectivity index (χ0n) is 4.72. The van der Waals surface area contributed by atoms with Gasteiger partial charge in [-0.3, -0.25) is 0 Å². The second-order valence-corrected chi connectivity index (χ2v) is 2.31. The lowest BCUT2D eigenvalue weighted by Gasteiger charge is -2.14. The summed E-state index contributed by atoms with van der Waals surface area (Å²) in [7, 11) is 0. The highest BCUT2D eigenvalue weighted by Gasteiger charge is 2.30. The second-order valence-electron chi connectivity index (χ2n) is 2.31. The van der Waals surface area contributed by atoms with Crippen molar-refractivity contribution in [2.45, 2.75) is 18.9 Å². The third-order valence-electron chi connectivity index (χ3n) is 1.68. The quantitative estimate of drug-likeness (QED) is 0.461. The van der Waals surface area contributed by atoms with Crippen molar-refractivity contribution in [2.75, 3.05) is 13.2 Å². The van der Waals surface area contributed by atoms with Crippen molar-refractivity contribution in [3.8, 4) is 0 Å². The summed E-state index contributed by atoms with van der Waals surface area (Å²) < 4.78 is 10.6. The van der Waals surface area contributed by atoms with Gasteiger partial charge in [-0.1, -0.05) is 0 Å². The Bertz CT molecular complexity index is 78.5. The van der Waals surface area contributed by atoms with Crippen LogP contribution >= 0.6 is 0 Å². The molecule has 0 saturated carbocycles. The molecule has 2 fully saturated rings. The van der Waals surface area contributed by atoms with Gasteiger partial charge < -0.3 is 9.47 Å². The average Bonchev–Trinajstić information content (AvgIpc) is 2.12. The molecule has 1 radical (unpaired) electrons. The van der Waals surface area contributed by atoms with Crippen LogP contribution in [0.4, 0.5) is 0 Å². The molecule has 0 aliphatic carbocycles. The largest absolute Gasteiger partial charge is 0.375 e. The molecular weight excluding hydrogens is 104 g/mol. The van der Waals surface area contributed by atoms with E-state index in [1.165, 1.54) is 0 Å². The zero-order valence-corrected chi connectivity index (χ0v) is 4.72. The number of fused-ring (bicyclic) bond motifs is 2. The van der Waals surface area contributed by atoms with Gasteiger partial charge in [-0.25, -0.2) is 0 Å². The Kier molecular flexibility index (Phi) is 1.02. The molecule has 1 atom stereocenters. The van der Waals surface area contributed by atoms with E-state index in [1.54, 1.807) is 0 Å². The first-order valence-corrected chi connectivity index (χ1v) is 3.04. The fourth-order valence-electron chi connectivity index (χ4n) is 1.20. The number of rotatable bonds is 0. The van der Waals surface area contributed by atoms with Gasteiger partial charge in [0.05, 0.1) is 19.3 Å². The van der Waals surface area contributed by atoms with Crippen LogP contribution in [0.25, 0.3) is 0 Å². The summed E-state index contributed by atoms with van der Waals surface area (Å²) in [6.45, 7) is 1.63. The van der Waals surface area contributed by atoms with Crippen LogP contribution < -0.4 is 0 Å². The molecule has 2 nitrogen and oxygen atoms in total. The van der Waals surface area contributed by atoms with Crippen molar-refractivity contribution in [2.24, 2.45) is 0 Å². The van der Waals surface area contributed by atoms with Gasteiger partial charge in [-0.2, -0.15) is 0 Å². The Morgan fingerprint density at radius 2 is 2.50 bits per heavy atom. The summed E-state index contributed by atoms with van der Waals surface area (Å²) in [5.74, 6) is 0. The lowest BCUT2D eigenvalue weighted by Crippen LogP contribution is -2.15. The molecule has 0 aromatic rings. The van der Waals surface area contributed by atoms with Gasteiger partial charge in [0.1, 0.15) is 6.10 Å². The van der Waals surface area contributed by atoms with Gasteiger partial charge in [-0.05, 0) is 6.42 Å². The van der Waals surface area contributed by atoms with E-state index in [-0.39, 0.29) is 0 Å². The van der Waals surface area contributed by atoms with E-state index in [2.05, 4.69) is 0 Å². The second kappa shape index (κ2) is 1.71. The van der Waals surface area contributed by atoms with Crippen LogP contribution in [-0.2, 0) is 9.47 Å². The monoisotopic (exact) mass is 113 g/mol. The van der Waals surface area contributed by atoms with E-state index in [0.717, 1.165) is 32.2 Å². The number of ether oxygens (including phenoxy) is 2. The zero-order chi connectivity index (χ0) is 5.40. The molecule has 2 rings (SSSR count). The van der Waals surface area contributed by atoms with Crippen molar-refractivity contribution < 1.29 is 9.47 Å². The van der Waals surface area contributed by atoms with E-state index in [4.69, 9.17) is 9.47 Å². The van der Waals surface area contributed by atoms with E-state index >= 15 is 0 Å². The van der Waals surface area contributed by atoms with E-state index in [0.29, 0.717) is 6.10 Å². The Morgan fingerprint density at radius 1 is 1.50 bits per heavy atom. The van der Waals surface area contributed by atoms with Gasteiger partial charge in [-0.15, -0.1) is 0 Å². The van der Waals surface area contributed by atoms with Crippen LogP contribution in [0.5, 0.6) is 0 Å². The van der Waals surface area contributed by atoms with E-state index in [9.17, 15) is 0 Å². The fraction of sp³-hybridized carbons (Fsp3) is 0.833. The predicted molar refractivity (Wildman–Crippen MR) is 28.2 cm³/mol. The van der Waals surface area contributed by atoms with Crippen LogP contribution in [0.2, 0.25) is 0 Å². The topological polar surface area (TPSA) is 18.5 Å². The van der Waals surface area contributed by atoms with Gasteiger partial charge in [0.15, 0.2) is 0 Å². The average molecular weight is 113 g/mol. The van der Waals surface area contributed by atoms with Gasteiger partial charge >= 0.3 is 0 Å². The molecule has 8 heavy (non-hydrogen) atoms. The summed E-state index contributed by atoms with van der Waals surface area (Å²) >= 11 is 0. The van der Waals surface area contributed by atoms with E-state index < -0.39 is 0 Å². The number of hydrogen-bond acceptors (Lipinski definition) is 2. The third-order valence-corrected chi connectivity index (χ3v) is 1.68. The highest BCUT2D eigenvalue weighted by molar-refractivity contribution is 4.92. The Labute approximate surface area is 48.8 Å². The third kappa shape index (κ3) is 0.644. The highest BCUT2D eigenvalue weighted by Crippen LogP contribution is 2.29. The molecule has 2 bridgehead atoms. The molecule has 0 aromatic carbocycles. The standard InChI is InChI=1S/C6H9O2/c1-2-7-6-3-5(1)8-4-6/h5H,1-4H2. The minimum Gasteiger partial charge on any atom is -0.375 e. The Morgan fingerprint density at radius 3 is 3.25 bits per heavy atom. The summed E-state index contributed by atoms with van der Waals surface area (Å²) in [5, 5.41) is 0. The summed E-state index contributed by atoms with van der Waals surface area (Å²) in [6.07, 6.45) is 3.80. The summed E-state index contributed by atoms with van der Waals surface area (Å²) in [6, 6.07) is 0. The SMILES string of the molecule is C1CC2C[C](CO2)O1. The maximum Gasteiger partial charge on any atom is 0.125 e. The molecule has 0 spiro atoms. The van der Waals surface area contributed by atoms with Crippen LogP contribution in [0, 0.1) is 6.10 Å². The maximum atomic E-state index is 5.31. The molecule has 2 heteroatoms. The highest BCUT2D eigenvalue weighted by atomic mass is 16.6.